The van der Waals surface area contributed by atoms with E-state index in [9.17, 15) is 4.79 Å². The second-order valence-corrected chi connectivity index (χ2v) is 5.22. The summed E-state index contributed by atoms with van der Waals surface area (Å²) in [6.07, 6.45) is 5.90. The molecule has 2 rings (SSSR count). The predicted molar refractivity (Wildman–Crippen MR) is 81.6 cm³/mol. The summed E-state index contributed by atoms with van der Waals surface area (Å²) in [5, 5.41) is 0.996. The van der Waals surface area contributed by atoms with Gasteiger partial charge in [-0.3, -0.25) is 0 Å². The molecular weight excluding hydrogens is 252 g/mol. The second kappa shape index (κ2) is 6.60. The molecule has 0 saturated heterocycles. The minimum absolute atomic E-state index is 0.312. The van der Waals surface area contributed by atoms with Crippen LogP contribution in [0.5, 0.6) is 5.75 Å². The summed E-state index contributed by atoms with van der Waals surface area (Å²) in [5.74, 6) is 0.808. The molecule has 1 heterocycles. The Labute approximate surface area is 119 Å². The largest absolute Gasteiger partial charge is 0.496 e. The monoisotopic (exact) mass is 274 g/mol. The van der Waals surface area contributed by atoms with Crippen LogP contribution in [0.4, 0.5) is 0 Å². The van der Waals surface area contributed by atoms with Crippen LogP contribution >= 0.6 is 0 Å². The van der Waals surface area contributed by atoms with Crippen LogP contribution in [0.1, 0.15) is 43.7 Å². The van der Waals surface area contributed by atoms with Crippen molar-refractivity contribution >= 4 is 11.0 Å². The molecule has 108 valence electrons. The smallest absolute Gasteiger partial charge is 0.336 e. The highest BCUT2D eigenvalue weighted by atomic mass is 16.5. The maximum Gasteiger partial charge on any atom is 0.336 e. The molecule has 0 bridgehead atoms. The summed E-state index contributed by atoms with van der Waals surface area (Å²) in [5.41, 5.74) is 2.43. The van der Waals surface area contributed by atoms with E-state index < -0.39 is 0 Å². The van der Waals surface area contributed by atoms with E-state index in [2.05, 4.69) is 13.0 Å². The van der Waals surface area contributed by atoms with E-state index >= 15 is 0 Å². The van der Waals surface area contributed by atoms with Crippen LogP contribution in [0.2, 0.25) is 0 Å². The van der Waals surface area contributed by atoms with Gasteiger partial charge in [0.2, 0.25) is 0 Å². The minimum atomic E-state index is -0.312. The number of fused-ring (bicyclic) bond motifs is 1. The van der Waals surface area contributed by atoms with Crippen molar-refractivity contribution in [3.05, 3.63) is 39.7 Å². The highest BCUT2D eigenvalue weighted by Gasteiger charge is 2.09. The van der Waals surface area contributed by atoms with Crippen LogP contribution in [0.3, 0.4) is 0 Å². The Morgan fingerprint density at radius 2 is 1.95 bits per heavy atom. The average Bonchev–Trinajstić information content (AvgIpc) is 2.43. The van der Waals surface area contributed by atoms with Gasteiger partial charge in [-0.05, 0) is 37.0 Å². The molecule has 0 N–H and O–H groups in total. The quantitative estimate of drug-likeness (QED) is 0.584. The van der Waals surface area contributed by atoms with Crippen molar-refractivity contribution < 1.29 is 9.15 Å². The van der Waals surface area contributed by atoms with Gasteiger partial charge in [-0.2, -0.15) is 0 Å². The molecule has 0 spiro atoms. The van der Waals surface area contributed by atoms with Crippen LogP contribution in [-0.4, -0.2) is 7.11 Å². The molecule has 1 aromatic heterocycles. The maximum absolute atomic E-state index is 11.4. The Kier molecular flexibility index (Phi) is 4.83. The van der Waals surface area contributed by atoms with Crippen LogP contribution in [0.25, 0.3) is 11.0 Å². The predicted octanol–water partition coefficient (Wildman–Crippen LogP) is 4.23. The second-order valence-electron chi connectivity index (χ2n) is 5.22. The third kappa shape index (κ3) is 3.21. The summed E-state index contributed by atoms with van der Waals surface area (Å²) < 4.78 is 10.7. The molecule has 0 aliphatic carbocycles. The Hall–Kier alpha value is -1.77. The standard InChI is InChI=1S/C17H22O3/c1-4-5-6-7-8-13-10-14-12(2)9-17(18)20-16(14)11-15(13)19-3/h9-11H,4-8H2,1-3H3. The normalized spacial score (nSPS) is 10.9. The molecule has 0 fully saturated rings. The average molecular weight is 274 g/mol. The first-order valence-electron chi connectivity index (χ1n) is 7.27. The Balaban J connectivity index is 2.35. The first kappa shape index (κ1) is 14.6. The van der Waals surface area contributed by atoms with Gasteiger partial charge in [0.1, 0.15) is 11.3 Å². The van der Waals surface area contributed by atoms with Gasteiger partial charge in [-0.15, -0.1) is 0 Å². The van der Waals surface area contributed by atoms with E-state index in [1.54, 1.807) is 7.11 Å². The summed E-state index contributed by atoms with van der Waals surface area (Å²) in [6.45, 7) is 4.15. The maximum atomic E-state index is 11.4. The molecule has 0 amide bonds. The third-order valence-electron chi connectivity index (χ3n) is 3.65. The molecule has 0 radical (unpaired) electrons. The summed E-state index contributed by atoms with van der Waals surface area (Å²) in [6, 6.07) is 5.47. The first-order chi connectivity index (χ1) is 9.65. The van der Waals surface area contributed by atoms with Crippen molar-refractivity contribution in [1.29, 1.82) is 0 Å². The van der Waals surface area contributed by atoms with E-state index in [0.29, 0.717) is 5.58 Å². The van der Waals surface area contributed by atoms with Crippen LogP contribution in [0, 0.1) is 6.92 Å². The lowest BCUT2D eigenvalue weighted by Crippen LogP contribution is -2.00. The van der Waals surface area contributed by atoms with Gasteiger partial charge in [0, 0.05) is 17.5 Å². The van der Waals surface area contributed by atoms with Gasteiger partial charge >= 0.3 is 5.63 Å². The number of hydrogen-bond acceptors (Lipinski definition) is 3. The molecule has 20 heavy (non-hydrogen) atoms. The third-order valence-corrected chi connectivity index (χ3v) is 3.65. The van der Waals surface area contributed by atoms with Crippen molar-refractivity contribution in [2.75, 3.05) is 7.11 Å². The fourth-order valence-electron chi connectivity index (χ4n) is 2.52. The van der Waals surface area contributed by atoms with Gasteiger partial charge in [-0.1, -0.05) is 26.2 Å². The minimum Gasteiger partial charge on any atom is -0.496 e. The fraction of sp³-hybridized carbons (Fsp3) is 0.471. The van der Waals surface area contributed by atoms with Crippen LogP contribution < -0.4 is 10.4 Å². The zero-order chi connectivity index (χ0) is 14.5. The van der Waals surface area contributed by atoms with Gasteiger partial charge in [-0.25, -0.2) is 4.79 Å². The lowest BCUT2D eigenvalue weighted by atomic mass is 10.0. The van der Waals surface area contributed by atoms with Crippen molar-refractivity contribution in [2.24, 2.45) is 0 Å². The molecule has 1 aromatic carbocycles. The number of unbranched alkanes of at least 4 members (excludes halogenated alkanes) is 3. The summed E-state index contributed by atoms with van der Waals surface area (Å²) >= 11 is 0. The Morgan fingerprint density at radius 1 is 1.15 bits per heavy atom. The number of rotatable bonds is 6. The number of ether oxygens (including phenoxy) is 1. The van der Waals surface area contributed by atoms with E-state index in [0.717, 1.165) is 29.5 Å². The zero-order valence-electron chi connectivity index (χ0n) is 12.5. The van der Waals surface area contributed by atoms with Crippen LogP contribution in [-0.2, 0) is 6.42 Å². The Bertz CT molecular complexity index is 640. The molecular formula is C17H22O3. The number of benzene rings is 1. The number of aryl methyl sites for hydroxylation is 2. The number of methoxy groups -OCH3 is 1. The molecule has 0 unspecified atom stereocenters. The first-order valence-corrected chi connectivity index (χ1v) is 7.27. The van der Waals surface area contributed by atoms with E-state index in [1.807, 2.05) is 13.0 Å². The number of hydrogen-bond donors (Lipinski definition) is 0. The van der Waals surface area contributed by atoms with Crippen molar-refractivity contribution in [1.82, 2.24) is 0 Å². The van der Waals surface area contributed by atoms with Gasteiger partial charge in [0.25, 0.3) is 0 Å². The van der Waals surface area contributed by atoms with Gasteiger partial charge in [0.05, 0.1) is 7.11 Å². The molecule has 0 aliphatic heterocycles. The molecule has 2 aromatic rings. The summed E-state index contributed by atoms with van der Waals surface area (Å²) in [7, 11) is 1.66. The summed E-state index contributed by atoms with van der Waals surface area (Å²) in [4.78, 5) is 11.4. The van der Waals surface area contributed by atoms with Gasteiger partial charge in [0.15, 0.2) is 0 Å². The van der Waals surface area contributed by atoms with E-state index in [-0.39, 0.29) is 5.63 Å². The molecule has 0 atom stereocenters. The van der Waals surface area contributed by atoms with Crippen LogP contribution in [0.15, 0.2) is 27.4 Å². The lowest BCUT2D eigenvalue weighted by molar-refractivity contribution is 0.408. The highest BCUT2D eigenvalue weighted by molar-refractivity contribution is 5.82. The molecule has 3 nitrogen and oxygen atoms in total. The van der Waals surface area contributed by atoms with Gasteiger partial charge < -0.3 is 9.15 Å². The topological polar surface area (TPSA) is 39.4 Å². The molecule has 3 heteroatoms. The fourth-order valence-corrected chi connectivity index (χ4v) is 2.52. The lowest BCUT2D eigenvalue weighted by Gasteiger charge is -2.10. The van der Waals surface area contributed by atoms with Crippen molar-refractivity contribution in [3.63, 3.8) is 0 Å². The zero-order valence-corrected chi connectivity index (χ0v) is 12.5. The van der Waals surface area contributed by atoms with E-state index in [4.69, 9.17) is 9.15 Å². The van der Waals surface area contributed by atoms with Crippen molar-refractivity contribution in [3.8, 4) is 5.75 Å². The molecule has 0 saturated carbocycles. The highest BCUT2D eigenvalue weighted by Crippen LogP contribution is 2.28. The van der Waals surface area contributed by atoms with Crippen molar-refractivity contribution in [2.45, 2.75) is 46.0 Å². The SMILES string of the molecule is CCCCCCc1cc2c(C)cc(=O)oc2cc1OC. The molecule has 0 aliphatic rings. The van der Waals surface area contributed by atoms with E-state index in [1.165, 1.54) is 30.9 Å². The Morgan fingerprint density at radius 3 is 2.65 bits per heavy atom.